The molecule has 0 spiro atoms. The monoisotopic (exact) mass is 488 g/mol. The Morgan fingerprint density at radius 2 is 1.83 bits per heavy atom. The molecule has 1 aliphatic rings. The summed E-state index contributed by atoms with van der Waals surface area (Å²) in [6.45, 7) is 1.82. The lowest BCUT2D eigenvalue weighted by atomic mass is 10.1. The van der Waals surface area contributed by atoms with Crippen molar-refractivity contribution >= 4 is 28.4 Å². The molecule has 0 fully saturated rings. The summed E-state index contributed by atoms with van der Waals surface area (Å²) in [5.74, 6) is 1.56. The third-order valence-electron chi connectivity index (χ3n) is 5.67. The Bertz CT molecular complexity index is 1320. The van der Waals surface area contributed by atoms with Crippen LogP contribution >= 0.6 is 0 Å². The maximum absolute atomic E-state index is 12.6. The van der Waals surface area contributed by atoms with Crippen molar-refractivity contribution in [2.75, 3.05) is 32.6 Å². The van der Waals surface area contributed by atoms with Gasteiger partial charge in [0.15, 0.2) is 11.5 Å². The number of carbonyl (C=O) groups excluding carboxylic acids is 2. The number of amides is 2. The first-order valence-corrected chi connectivity index (χ1v) is 11.5. The van der Waals surface area contributed by atoms with Crippen molar-refractivity contribution in [3.8, 4) is 23.1 Å². The number of rotatable bonds is 9. The second-order valence-electron chi connectivity index (χ2n) is 8.20. The van der Waals surface area contributed by atoms with Crippen molar-refractivity contribution < 1.29 is 23.8 Å². The zero-order valence-electron chi connectivity index (χ0n) is 20.5. The SMILES string of the molecule is COc1cc2nccc(Oc3ccc(NC(=O)CN(CC4=CCCC=C4)C(C)=O)cn3)c2cc1OC. The lowest BCUT2D eigenvalue weighted by Crippen LogP contribution is -2.37. The van der Waals surface area contributed by atoms with Gasteiger partial charge in [0.25, 0.3) is 0 Å². The molecule has 1 aromatic carbocycles. The molecule has 0 atom stereocenters. The average Bonchev–Trinajstić information content (AvgIpc) is 2.89. The van der Waals surface area contributed by atoms with Gasteiger partial charge in [0, 0.05) is 37.2 Å². The Morgan fingerprint density at radius 1 is 1.03 bits per heavy atom. The van der Waals surface area contributed by atoms with Crippen LogP contribution in [0, 0.1) is 0 Å². The number of fused-ring (bicyclic) bond motifs is 1. The van der Waals surface area contributed by atoms with E-state index in [0.29, 0.717) is 40.9 Å². The number of nitrogens with zero attached hydrogens (tertiary/aromatic N) is 3. The number of allylic oxidation sites excluding steroid dienone is 2. The van der Waals surface area contributed by atoms with E-state index in [1.807, 2.05) is 6.08 Å². The second kappa shape index (κ2) is 11.4. The third kappa shape index (κ3) is 5.99. The molecule has 0 bridgehead atoms. The zero-order valence-corrected chi connectivity index (χ0v) is 20.5. The summed E-state index contributed by atoms with van der Waals surface area (Å²) in [5, 5.41) is 3.52. The van der Waals surface area contributed by atoms with Gasteiger partial charge < -0.3 is 24.4 Å². The molecule has 36 heavy (non-hydrogen) atoms. The van der Waals surface area contributed by atoms with E-state index in [9.17, 15) is 9.59 Å². The summed E-state index contributed by atoms with van der Waals surface area (Å²) in [6.07, 6.45) is 11.2. The summed E-state index contributed by atoms with van der Waals surface area (Å²) in [6, 6.07) is 8.66. The maximum atomic E-state index is 12.6. The van der Waals surface area contributed by atoms with Gasteiger partial charge in [-0.25, -0.2) is 4.98 Å². The molecule has 1 aliphatic carbocycles. The highest BCUT2D eigenvalue weighted by Gasteiger charge is 2.16. The fraction of sp³-hybridized carbons (Fsp3) is 0.259. The van der Waals surface area contributed by atoms with Gasteiger partial charge in [0.05, 0.1) is 31.6 Å². The van der Waals surface area contributed by atoms with Crippen LogP contribution in [0.2, 0.25) is 0 Å². The average molecular weight is 489 g/mol. The van der Waals surface area contributed by atoms with Crippen LogP contribution in [-0.4, -0.2) is 54.0 Å². The van der Waals surface area contributed by atoms with Gasteiger partial charge in [-0.2, -0.15) is 0 Å². The Morgan fingerprint density at radius 3 is 2.50 bits per heavy atom. The number of ether oxygens (including phenoxy) is 3. The van der Waals surface area contributed by atoms with Crippen LogP contribution in [0.15, 0.2) is 66.5 Å². The number of carbonyl (C=O) groups is 2. The van der Waals surface area contributed by atoms with Crippen LogP contribution < -0.4 is 19.5 Å². The van der Waals surface area contributed by atoms with E-state index in [4.69, 9.17) is 14.2 Å². The van der Waals surface area contributed by atoms with Gasteiger partial charge in [-0.15, -0.1) is 0 Å². The standard InChI is InChI=1S/C27H28N4O5/c1-18(32)31(16-19-7-5-4-6-8-19)17-26(33)30-20-9-10-27(29-15-20)36-23-11-12-28-22-14-25(35-3)24(34-2)13-21(22)23/h5,7-15H,4,6,16-17H2,1-3H3,(H,30,33). The molecular weight excluding hydrogens is 460 g/mol. The molecule has 0 aliphatic heterocycles. The van der Waals surface area contributed by atoms with Crippen LogP contribution in [0.5, 0.6) is 23.1 Å². The molecule has 3 aromatic rings. The van der Waals surface area contributed by atoms with Gasteiger partial charge in [-0.05, 0) is 36.6 Å². The Hall–Kier alpha value is -4.40. The highest BCUT2D eigenvalue weighted by atomic mass is 16.5. The van der Waals surface area contributed by atoms with Crippen molar-refractivity contribution in [3.05, 3.63) is 66.5 Å². The molecule has 9 heteroatoms. The third-order valence-corrected chi connectivity index (χ3v) is 5.67. The number of anilines is 1. The van der Waals surface area contributed by atoms with Gasteiger partial charge in [0.2, 0.25) is 17.7 Å². The Balaban J connectivity index is 1.42. The van der Waals surface area contributed by atoms with Gasteiger partial charge in [-0.3, -0.25) is 14.6 Å². The molecule has 2 heterocycles. The molecule has 0 saturated carbocycles. The van der Waals surface area contributed by atoms with Crippen molar-refractivity contribution in [1.29, 1.82) is 0 Å². The Kier molecular flexibility index (Phi) is 7.79. The fourth-order valence-electron chi connectivity index (χ4n) is 3.82. The number of hydrogen-bond acceptors (Lipinski definition) is 7. The van der Waals surface area contributed by atoms with Gasteiger partial charge in [-0.1, -0.05) is 18.2 Å². The molecular formula is C27H28N4O5. The number of benzene rings is 1. The first kappa shape index (κ1) is 24.7. The van der Waals surface area contributed by atoms with E-state index in [2.05, 4.69) is 27.4 Å². The number of pyridine rings is 2. The summed E-state index contributed by atoms with van der Waals surface area (Å²) < 4.78 is 16.7. The van der Waals surface area contributed by atoms with E-state index in [1.54, 1.807) is 50.7 Å². The molecule has 0 unspecified atom stereocenters. The molecule has 1 N–H and O–H groups in total. The van der Waals surface area contributed by atoms with Crippen LogP contribution in [0.1, 0.15) is 19.8 Å². The predicted molar refractivity (Wildman–Crippen MR) is 136 cm³/mol. The molecule has 2 aromatic heterocycles. The van der Waals surface area contributed by atoms with Gasteiger partial charge in [0.1, 0.15) is 12.3 Å². The van der Waals surface area contributed by atoms with Crippen LogP contribution in [0.4, 0.5) is 5.69 Å². The smallest absolute Gasteiger partial charge is 0.244 e. The lowest BCUT2D eigenvalue weighted by molar-refractivity contribution is -0.132. The number of methoxy groups -OCH3 is 2. The summed E-state index contributed by atoms with van der Waals surface area (Å²) in [4.78, 5) is 34.8. The van der Waals surface area contributed by atoms with Crippen molar-refractivity contribution in [1.82, 2.24) is 14.9 Å². The van der Waals surface area contributed by atoms with Crippen molar-refractivity contribution in [3.63, 3.8) is 0 Å². The van der Waals surface area contributed by atoms with E-state index in [1.165, 1.54) is 18.0 Å². The minimum absolute atomic E-state index is 0.0485. The summed E-state index contributed by atoms with van der Waals surface area (Å²) in [5.41, 5.74) is 2.22. The van der Waals surface area contributed by atoms with Gasteiger partial charge >= 0.3 is 0 Å². The van der Waals surface area contributed by atoms with E-state index in [0.717, 1.165) is 23.8 Å². The van der Waals surface area contributed by atoms with Crippen LogP contribution in [0.25, 0.3) is 10.9 Å². The van der Waals surface area contributed by atoms with Crippen molar-refractivity contribution in [2.24, 2.45) is 0 Å². The maximum Gasteiger partial charge on any atom is 0.244 e. The minimum atomic E-state index is -0.303. The second-order valence-corrected chi connectivity index (χ2v) is 8.20. The summed E-state index contributed by atoms with van der Waals surface area (Å²) in [7, 11) is 3.13. The highest BCUT2D eigenvalue weighted by Crippen LogP contribution is 2.36. The Labute approximate surface area is 209 Å². The first-order chi connectivity index (χ1) is 17.5. The quantitative estimate of drug-likeness (QED) is 0.473. The first-order valence-electron chi connectivity index (χ1n) is 11.5. The van der Waals surface area contributed by atoms with Crippen molar-refractivity contribution in [2.45, 2.75) is 19.8 Å². The largest absolute Gasteiger partial charge is 0.493 e. The zero-order chi connectivity index (χ0) is 25.5. The molecule has 9 nitrogen and oxygen atoms in total. The van der Waals surface area contributed by atoms with Crippen LogP contribution in [0.3, 0.4) is 0 Å². The topological polar surface area (TPSA) is 103 Å². The molecule has 0 saturated heterocycles. The minimum Gasteiger partial charge on any atom is -0.493 e. The van der Waals surface area contributed by atoms with E-state index >= 15 is 0 Å². The van der Waals surface area contributed by atoms with E-state index in [-0.39, 0.29) is 18.4 Å². The molecule has 4 rings (SSSR count). The lowest BCUT2D eigenvalue weighted by Gasteiger charge is -2.22. The molecule has 0 radical (unpaired) electrons. The highest BCUT2D eigenvalue weighted by molar-refractivity contribution is 5.94. The number of hydrogen-bond donors (Lipinski definition) is 1. The number of aromatic nitrogens is 2. The van der Waals surface area contributed by atoms with Crippen LogP contribution in [-0.2, 0) is 9.59 Å². The normalized spacial score (nSPS) is 12.6. The number of nitrogens with one attached hydrogen (secondary N) is 1. The predicted octanol–water partition coefficient (Wildman–Crippen LogP) is 4.50. The fourth-order valence-corrected chi connectivity index (χ4v) is 3.82. The molecule has 2 amide bonds. The molecule has 186 valence electrons. The van der Waals surface area contributed by atoms with E-state index < -0.39 is 0 Å². The summed E-state index contributed by atoms with van der Waals surface area (Å²) >= 11 is 0.